The van der Waals surface area contributed by atoms with Gasteiger partial charge in [-0.3, -0.25) is 19.1 Å². The van der Waals surface area contributed by atoms with Crippen LogP contribution in [0.1, 0.15) is 103 Å². The van der Waals surface area contributed by atoms with Gasteiger partial charge >= 0.3 is 6.09 Å². The Hall–Kier alpha value is -4.27. The van der Waals surface area contributed by atoms with Crippen LogP contribution in [0.5, 0.6) is 5.75 Å². The highest BCUT2D eigenvalue weighted by Gasteiger charge is 2.64. The Balaban J connectivity index is 1.23. The molecule has 1 saturated heterocycles. The van der Waals surface area contributed by atoms with Gasteiger partial charge in [-0.25, -0.2) is 22.6 Å². The zero-order valence-electron chi connectivity index (χ0n) is 31.6. The van der Waals surface area contributed by atoms with Crippen molar-refractivity contribution in [2.24, 2.45) is 5.92 Å². The maximum Gasteiger partial charge on any atom is 0.408 e. The third-order valence-electron chi connectivity index (χ3n) is 11.6. The zero-order valence-corrected chi connectivity index (χ0v) is 32.4. The number of sulfonamides is 1. The van der Waals surface area contributed by atoms with Crippen molar-refractivity contribution < 1.29 is 41.5 Å². The minimum Gasteiger partial charge on any atom is -0.483 e. The molecule has 3 aliphatic heterocycles. The third kappa shape index (κ3) is 7.27. The van der Waals surface area contributed by atoms with E-state index in [-0.39, 0.29) is 19.4 Å². The Labute approximate surface area is 315 Å². The fourth-order valence-electron chi connectivity index (χ4n) is 8.12. The van der Waals surface area contributed by atoms with E-state index in [1.807, 2.05) is 12.2 Å². The van der Waals surface area contributed by atoms with E-state index in [0.29, 0.717) is 61.9 Å². The first-order valence-corrected chi connectivity index (χ1v) is 20.5. The predicted molar refractivity (Wildman–Crippen MR) is 197 cm³/mol. The first-order chi connectivity index (χ1) is 25.3. The minimum atomic E-state index is -4.00. The number of aromatic nitrogens is 1. The van der Waals surface area contributed by atoms with Gasteiger partial charge in [0.1, 0.15) is 40.4 Å². The van der Waals surface area contributed by atoms with Gasteiger partial charge in [-0.15, -0.1) is 0 Å². The molecule has 2 saturated carbocycles. The van der Waals surface area contributed by atoms with E-state index in [9.17, 15) is 32.0 Å². The van der Waals surface area contributed by atoms with Gasteiger partial charge in [0.25, 0.3) is 5.91 Å². The van der Waals surface area contributed by atoms with Crippen molar-refractivity contribution in [2.45, 2.75) is 139 Å². The van der Waals surface area contributed by atoms with Crippen LogP contribution in [-0.4, -0.2) is 82.2 Å². The van der Waals surface area contributed by atoms with E-state index < -0.39 is 79.1 Å². The number of nitrogens with one attached hydrogen (secondary N) is 3. The molecule has 5 aliphatic rings. The molecule has 292 valence electrons. The molecule has 4 amide bonds. The van der Waals surface area contributed by atoms with Gasteiger partial charge in [-0.2, -0.15) is 0 Å². The number of carbonyl (C=O) groups is 4. The molecule has 0 bridgehead atoms. The van der Waals surface area contributed by atoms with Crippen molar-refractivity contribution in [3.8, 4) is 5.75 Å². The van der Waals surface area contributed by atoms with E-state index in [4.69, 9.17) is 9.47 Å². The standard InChI is InChI=1S/C39H50FN5O8S/c1-23-31-27(26-14-13-25(40)19-29(26)41-23)15-16-38(52-31)21-30-32(46)43-39(34(48)44-54(50,51)37(5)17-18-37)20-24(39)11-9-7-6-8-10-12-28(33(47)45(30)22-38)42-35(49)53-36(2,3)4/h9,11,13-14,19,24,28,30H,6-8,10,12,15-18,20-22H2,1-5H3,(H,42,49)(H,43,46)(H,44,48)/b11-9-/t24-,28+,30+,38-,39-/m1/s1. The number of halogens is 1. The summed E-state index contributed by atoms with van der Waals surface area (Å²) in [6, 6.07) is 2.29. The van der Waals surface area contributed by atoms with Crippen LogP contribution >= 0.6 is 0 Å². The maximum absolute atomic E-state index is 14.7. The summed E-state index contributed by atoms with van der Waals surface area (Å²) in [5.74, 6) is -2.24. The summed E-state index contributed by atoms with van der Waals surface area (Å²) >= 11 is 0. The van der Waals surface area contributed by atoms with Gasteiger partial charge in [0.15, 0.2) is 0 Å². The number of hydrogen-bond acceptors (Lipinski definition) is 9. The number of ether oxygens (including phenoxy) is 2. The highest BCUT2D eigenvalue weighted by atomic mass is 32.2. The zero-order chi connectivity index (χ0) is 38.8. The lowest BCUT2D eigenvalue weighted by molar-refractivity contribution is -0.141. The Kier molecular flexibility index (Phi) is 9.50. The Morgan fingerprint density at radius 1 is 1.11 bits per heavy atom. The Bertz CT molecular complexity index is 2050. The molecular formula is C39H50FN5O8S. The number of hydrogen-bond donors (Lipinski definition) is 3. The highest BCUT2D eigenvalue weighted by molar-refractivity contribution is 7.91. The minimum absolute atomic E-state index is 0.00597. The fourth-order valence-corrected chi connectivity index (χ4v) is 9.43. The van der Waals surface area contributed by atoms with Gasteiger partial charge in [0.05, 0.1) is 22.5 Å². The summed E-state index contributed by atoms with van der Waals surface area (Å²) in [7, 11) is -4.00. The summed E-state index contributed by atoms with van der Waals surface area (Å²) in [4.78, 5) is 62.3. The van der Waals surface area contributed by atoms with Gasteiger partial charge < -0.3 is 25.0 Å². The normalized spacial score (nSPS) is 30.0. The summed E-state index contributed by atoms with van der Waals surface area (Å²) < 4.78 is 54.0. The molecule has 3 fully saturated rings. The molecular weight excluding hydrogens is 718 g/mol. The molecule has 2 aliphatic carbocycles. The lowest BCUT2D eigenvalue weighted by atomic mass is 9.87. The Morgan fingerprint density at radius 3 is 2.59 bits per heavy atom. The topological polar surface area (TPSA) is 173 Å². The summed E-state index contributed by atoms with van der Waals surface area (Å²) in [6.07, 6.45) is 8.26. The number of nitrogens with zero attached hydrogens (tertiary/aromatic N) is 2. The molecule has 1 aromatic heterocycles. The summed E-state index contributed by atoms with van der Waals surface area (Å²) in [5, 5.41) is 6.44. The molecule has 0 unspecified atom stereocenters. The van der Waals surface area contributed by atoms with Gasteiger partial charge in [0, 0.05) is 29.4 Å². The molecule has 4 heterocycles. The van der Waals surface area contributed by atoms with E-state index >= 15 is 0 Å². The number of pyridine rings is 1. The summed E-state index contributed by atoms with van der Waals surface area (Å²) in [6.45, 7) is 8.55. The number of amides is 4. The Morgan fingerprint density at radius 2 is 1.87 bits per heavy atom. The van der Waals surface area contributed by atoms with Crippen LogP contribution in [0.15, 0.2) is 30.4 Å². The fraction of sp³-hybridized carbons (Fsp3) is 0.615. The molecule has 15 heteroatoms. The summed E-state index contributed by atoms with van der Waals surface area (Å²) in [5.41, 5.74) is -1.47. The lowest BCUT2D eigenvalue weighted by Gasteiger charge is -2.36. The number of benzene rings is 1. The second kappa shape index (κ2) is 13.5. The third-order valence-corrected chi connectivity index (χ3v) is 13.8. The molecule has 0 radical (unpaired) electrons. The smallest absolute Gasteiger partial charge is 0.408 e. The number of rotatable bonds is 4. The average Bonchev–Trinajstić information content (AvgIpc) is 3.97. The lowest BCUT2D eigenvalue weighted by Crippen LogP contribution is -2.58. The quantitative estimate of drug-likeness (QED) is 0.375. The molecule has 1 spiro atoms. The van der Waals surface area contributed by atoms with Crippen molar-refractivity contribution in [3.63, 3.8) is 0 Å². The highest BCUT2D eigenvalue weighted by Crippen LogP contribution is 2.49. The monoisotopic (exact) mass is 767 g/mol. The first kappa shape index (κ1) is 38.0. The van der Waals surface area contributed by atoms with Gasteiger partial charge in [-0.1, -0.05) is 25.0 Å². The second-order valence-electron chi connectivity index (χ2n) is 17.1. The van der Waals surface area contributed by atoms with Crippen LogP contribution in [0.3, 0.4) is 0 Å². The number of aryl methyl sites for hydroxylation is 2. The maximum atomic E-state index is 14.7. The van der Waals surface area contributed by atoms with Crippen LogP contribution in [0.4, 0.5) is 9.18 Å². The molecule has 1 aromatic carbocycles. The van der Waals surface area contributed by atoms with Crippen molar-refractivity contribution in [1.82, 2.24) is 25.2 Å². The van der Waals surface area contributed by atoms with E-state index in [1.54, 1.807) is 40.7 Å². The molecule has 3 N–H and O–H groups in total. The van der Waals surface area contributed by atoms with Crippen molar-refractivity contribution >= 4 is 44.7 Å². The molecule has 2 aromatic rings. The van der Waals surface area contributed by atoms with Crippen molar-refractivity contribution in [3.05, 3.63) is 47.4 Å². The van der Waals surface area contributed by atoms with Gasteiger partial charge in [0.2, 0.25) is 21.8 Å². The number of carbonyl (C=O) groups excluding carboxylic acids is 4. The molecule has 7 rings (SSSR count). The number of fused-ring (bicyclic) bond motifs is 5. The number of allylic oxidation sites excluding steroid dienone is 1. The second-order valence-corrected chi connectivity index (χ2v) is 19.3. The van der Waals surface area contributed by atoms with Crippen LogP contribution < -0.4 is 20.1 Å². The average molecular weight is 768 g/mol. The predicted octanol–water partition coefficient (Wildman–Crippen LogP) is 4.63. The number of alkyl carbamates (subject to hydrolysis) is 1. The van der Waals surface area contributed by atoms with Crippen LogP contribution in [0, 0.1) is 18.7 Å². The van der Waals surface area contributed by atoms with Crippen LogP contribution in [-0.2, 0) is 35.6 Å². The molecule has 54 heavy (non-hydrogen) atoms. The van der Waals surface area contributed by atoms with Crippen LogP contribution in [0.25, 0.3) is 10.9 Å². The van der Waals surface area contributed by atoms with Crippen molar-refractivity contribution in [1.29, 1.82) is 0 Å². The first-order valence-electron chi connectivity index (χ1n) is 19.0. The van der Waals surface area contributed by atoms with Gasteiger partial charge in [-0.05, 0) is 98.1 Å². The van der Waals surface area contributed by atoms with E-state index in [0.717, 1.165) is 23.8 Å². The van der Waals surface area contributed by atoms with E-state index in [2.05, 4.69) is 20.3 Å². The molecule has 5 atom stereocenters. The molecule has 13 nitrogen and oxygen atoms in total. The SMILES string of the molecule is Cc1nc2cc(F)ccc2c2c1O[C@]1(CC2)C[C@H]2C(=O)N[C@]3(C(=O)NS(=O)(=O)C4(C)CC4)C[C@H]3/C=C\CCCCC[C@H](NC(=O)OC(C)(C)C)C(=O)N2C1. The van der Waals surface area contributed by atoms with E-state index in [1.165, 1.54) is 17.0 Å². The largest absolute Gasteiger partial charge is 0.483 e. The van der Waals surface area contributed by atoms with Crippen molar-refractivity contribution in [2.75, 3.05) is 6.54 Å². The van der Waals surface area contributed by atoms with Crippen LogP contribution in [0.2, 0.25) is 0 Å².